The van der Waals surface area contributed by atoms with E-state index in [1.165, 1.54) is 6.20 Å². The van der Waals surface area contributed by atoms with Crippen molar-refractivity contribution in [2.24, 2.45) is 0 Å². The van der Waals surface area contributed by atoms with Gasteiger partial charge in [0.15, 0.2) is 12.1 Å². The maximum absolute atomic E-state index is 13.4. The molecule has 0 spiro atoms. The Hall–Kier alpha value is -2.56. The summed E-state index contributed by atoms with van der Waals surface area (Å²) in [4.78, 5) is 21.6. The van der Waals surface area contributed by atoms with Gasteiger partial charge in [-0.3, -0.25) is 4.79 Å². The Morgan fingerprint density at radius 2 is 1.84 bits per heavy atom. The molecule has 11 heteroatoms. The lowest BCUT2D eigenvalue weighted by molar-refractivity contribution is -0.137. The van der Waals surface area contributed by atoms with Crippen LogP contribution in [0.3, 0.4) is 0 Å². The summed E-state index contributed by atoms with van der Waals surface area (Å²) in [6, 6.07) is 0.880. The van der Waals surface area contributed by atoms with Crippen LogP contribution < -0.4 is 5.73 Å². The van der Waals surface area contributed by atoms with Crippen LogP contribution in [0.4, 0.5) is 27.8 Å². The number of pyridine rings is 1. The van der Waals surface area contributed by atoms with Crippen LogP contribution in [0.25, 0.3) is 11.3 Å². The van der Waals surface area contributed by atoms with E-state index in [0.29, 0.717) is 32.3 Å². The maximum Gasteiger partial charge on any atom is 0.419 e. The van der Waals surface area contributed by atoms with Gasteiger partial charge < -0.3 is 15.2 Å². The molecule has 0 aromatic carbocycles. The van der Waals surface area contributed by atoms with Crippen LogP contribution in [-0.4, -0.2) is 51.3 Å². The highest BCUT2D eigenvalue weighted by Gasteiger charge is 2.42. The second kappa shape index (κ2) is 8.09. The molecule has 32 heavy (non-hydrogen) atoms. The van der Waals surface area contributed by atoms with Crippen LogP contribution in [-0.2, 0) is 11.7 Å². The lowest BCUT2D eigenvalue weighted by atomic mass is 9.73. The van der Waals surface area contributed by atoms with Gasteiger partial charge in [-0.05, 0) is 31.7 Å². The van der Waals surface area contributed by atoms with E-state index in [1.54, 1.807) is 10.8 Å². The van der Waals surface area contributed by atoms with Crippen LogP contribution in [0, 0.1) is 0 Å². The van der Waals surface area contributed by atoms with Gasteiger partial charge in [-0.25, -0.2) is 18.7 Å². The molecule has 1 aliphatic heterocycles. The lowest BCUT2D eigenvalue weighted by Gasteiger charge is -2.45. The van der Waals surface area contributed by atoms with Crippen molar-refractivity contribution in [3.8, 4) is 11.3 Å². The quantitative estimate of drug-likeness (QED) is 0.515. The van der Waals surface area contributed by atoms with Crippen LogP contribution in [0.1, 0.15) is 54.7 Å². The highest BCUT2D eigenvalue weighted by atomic mass is 19.4. The van der Waals surface area contributed by atoms with Crippen LogP contribution >= 0.6 is 0 Å². The molecule has 0 amide bonds. The summed E-state index contributed by atoms with van der Waals surface area (Å²) in [6.07, 6.45) is 1.51. The molecular weight excluding hydrogens is 433 g/mol. The number of alkyl halides is 5. The number of halogens is 5. The topological polar surface area (TPSA) is 77.0 Å². The number of likely N-dealkylation sites (tertiary alicyclic amines) is 1. The minimum atomic E-state index is -4.66. The first-order chi connectivity index (χ1) is 15.0. The molecule has 0 bridgehead atoms. The minimum absolute atomic E-state index is 0.112. The van der Waals surface area contributed by atoms with Gasteiger partial charge in [-0.2, -0.15) is 13.2 Å². The summed E-state index contributed by atoms with van der Waals surface area (Å²) in [5, 5.41) is 0. The molecule has 4 rings (SSSR count). The molecule has 1 saturated heterocycles. The molecule has 2 N–H and O–H groups in total. The van der Waals surface area contributed by atoms with Gasteiger partial charge in [0.1, 0.15) is 5.82 Å². The first-order valence-corrected chi connectivity index (χ1v) is 10.5. The van der Waals surface area contributed by atoms with Gasteiger partial charge >= 0.3 is 6.18 Å². The van der Waals surface area contributed by atoms with Gasteiger partial charge in [-0.1, -0.05) is 0 Å². The third-order valence-electron chi connectivity index (χ3n) is 6.63. The molecule has 174 valence electrons. The molecule has 6 nitrogen and oxygen atoms in total. The number of aldehydes is 1. The molecular formula is C21H24F5N5O. The second-order valence-corrected chi connectivity index (χ2v) is 8.65. The van der Waals surface area contributed by atoms with Crippen molar-refractivity contribution in [3.63, 3.8) is 0 Å². The second-order valence-electron chi connectivity index (χ2n) is 8.65. The van der Waals surface area contributed by atoms with E-state index < -0.39 is 29.0 Å². The number of carbonyl (C=O) groups is 1. The Morgan fingerprint density at radius 1 is 1.16 bits per heavy atom. The highest BCUT2D eigenvalue weighted by molar-refractivity contribution is 5.73. The molecule has 2 aromatic heterocycles. The number of aromatic nitrogens is 3. The van der Waals surface area contributed by atoms with Crippen molar-refractivity contribution in [2.75, 3.05) is 25.4 Å². The SMILES string of the molecule is Nc1ncc(-c2cn(C3(CCN4CCC(F)(F)CC4)CCC3)c(C=O)n2)cc1C(F)(F)F. The fraction of sp³-hybridized carbons (Fsp3) is 0.571. The van der Waals surface area contributed by atoms with Crippen molar-refractivity contribution >= 4 is 12.1 Å². The molecule has 1 aliphatic carbocycles. The van der Waals surface area contributed by atoms with Crippen LogP contribution in [0.15, 0.2) is 18.5 Å². The number of hydrogen-bond donors (Lipinski definition) is 1. The zero-order chi connectivity index (χ0) is 23.1. The van der Waals surface area contributed by atoms with E-state index in [4.69, 9.17) is 5.73 Å². The Kier molecular flexibility index (Phi) is 5.72. The number of imidazole rings is 1. The summed E-state index contributed by atoms with van der Waals surface area (Å²) < 4.78 is 68.2. The molecule has 2 aromatic rings. The first-order valence-electron chi connectivity index (χ1n) is 10.5. The summed E-state index contributed by atoms with van der Waals surface area (Å²) in [7, 11) is 0. The summed E-state index contributed by atoms with van der Waals surface area (Å²) in [6.45, 7) is 1.23. The highest BCUT2D eigenvalue weighted by Crippen LogP contribution is 2.44. The van der Waals surface area contributed by atoms with E-state index in [0.717, 1.165) is 25.3 Å². The number of nitrogens with two attached hydrogens (primary N) is 1. The Morgan fingerprint density at radius 3 is 2.41 bits per heavy atom. The number of rotatable bonds is 6. The zero-order valence-corrected chi connectivity index (χ0v) is 17.3. The van der Waals surface area contributed by atoms with E-state index in [2.05, 4.69) is 9.97 Å². The number of hydrogen-bond acceptors (Lipinski definition) is 5. The van der Waals surface area contributed by atoms with Crippen LogP contribution in [0.5, 0.6) is 0 Å². The number of piperidine rings is 1. The van der Waals surface area contributed by atoms with Gasteiger partial charge in [-0.15, -0.1) is 0 Å². The average molecular weight is 457 g/mol. The minimum Gasteiger partial charge on any atom is -0.383 e. The summed E-state index contributed by atoms with van der Waals surface area (Å²) in [5.41, 5.74) is 4.23. The predicted molar refractivity (Wildman–Crippen MR) is 107 cm³/mol. The molecule has 2 aliphatic rings. The third-order valence-corrected chi connectivity index (χ3v) is 6.63. The van der Waals surface area contributed by atoms with E-state index in [9.17, 15) is 26.7 Å². The average Bonchev–Trinajstić information content (AvgIpc) is 3.12. The van der Waals surface area contributed by atoms with Crippen molar-refractivity contribution in [2.45, 2.75) is 56.2 Å². The Labute approximate surface area is 181 Å². The van der Waals surface area contributed by atoms with Gasteiger partial charge in [0.25, 0.3) is 5.92 Å². The molecule has 3 heterocycles. The predicted octanol–water partition coefficient (Wildman–Crippen LogP) is 4.36. The number of nitrogen functional groups attached to an aromatic ring is 1. The maximum atomic E-state index is 13.4. The van der Waals surface area contributed by atoms with Gasteiger partial charge in [0.05, 0.1) is 11.3 Å². The Balaban J connectivity index is 1.58. The number of anilines is 1. The van der Waals surface area contributed by atoms with Crippen LogP contribution in [0.2, 0.25) is 0 Å². The largest absolute Gasteiger partial charge is 0.419 e. The summed E-state index contributed by atoms with van der Waals surface area (Å²) >= 11 is 0. The first kappa shape index (κ1) is 22.6. The smallest absolute Gasteiger partial charge is 0.383 e. The van der Waals surface area contributed by atoms with Gasteiger partial charge in [0.2, 0.25) is 0 Å². The standard InChI is InChI=1S/C21H24F5N5O/c22-20(23)5-8-30(9-6-20)7-4-19(2-1-3-19)31-12-16(29-17(31)13-32)14-10-15(21(24,25)26)18(27)28-11-14/h10-13H,1-9H2,(H2,27,28). The molecule has 0 atom stereocenters. The van der Waals surface area contributed by atoms with Crippen molar-refractivity contribution < 1.29 is 26.7 Å². The van der Waals surface area contributed by atoms with E-state index in [1.807, 2.05) is 4.90 Å². The van der Waals surface area contributed by atoms with Crippen molar-refractivity contribution in [1.29, 1.82) is 0 Å². The monoisotopic (exact) mass is 457 g/mol. The van der Waals surface area contributed by atoms with Crippen molar-refractivity contribution in [3.05, 3.63) is 29.8 Å². The fourth-order valence-corrected chi connectivity index (χ4v) is 4.51. The fourth-order valence-electron chi connectivity index (χ4n) is 4.51. The van der Waals surface area contributed by atoms with Crippen molar-refractivity contribution in [1.82, 2.24) is 19.4 Å². The Bertz CT molecular complexity index is 989. The zero-order valence-electron chi connectivity index (χ0n) is 17.3. The molecule has 0 unspecified atom stereocenters. The molecule has 1 saturated carbocycles. The number of carbonyl (C=O) groups excluding carboxylic acids is 1. The van der Waals surface area contributed by atoms with E-state index >= 15 is 0 Å². The normalized spacial score (nSPS) is 20.7. The van der Waals surface area contributed by atoms with Gasteiger partial charge in [0, 0.05) is 56.0 Å². The van der Waals surface area contributed by atoms with E-state index in [-0.39, 0.29) is 29.9 Å². The summed E-state index contributed by atoms with van der Waals surface area (Å²) in [5.74, 6) is -3.12. The third kappa shape index (κ3) is 4.35. The lowest BCUT2D eigenvalue weighted by Crippen LogP contribution is -2.46. The molecule has 0 radical (unpaired) electrons. The number of nitrogens with zero attached hydrogens (tertiary/aromatic N) is 4. The molecule has 2 fully saturated rings.